The Balaban J connectivity index is 1.53. The number of benzene rings is 1. The van der Waals surface area contributed by atoms with E-state index in [0.29, 0.717) is 11.1 Å². The lowest BCUT2D eigenvalue weighted by Crippen LogP contribution is -2.15. The zero-order valence-corrected chi connectivity index (χ0v) is 11.7. The number of amides is 1. The summed E-state index contributed by atoms with van der Waals surface area (Å²) in [5.41, 5.74) is -0.0457. The molecule has 0 atom stereocenters. The Kier molecular flexibility index (Phi) is 3.87. The number of halogens is 2. The Labute approximate surface area is 123 Å². The highest BCUT2D eigenvalue weighted by Gasteiger charge is 2.27. The molecule has 1 aromatic heterocycles. The lowest BCUT2D eigenvalue weighted by atomic mass is 10.3. The van der Waals surface area contributed by atoms with E-state index in [2.05, 4.69) is 20.5 Å². The van der Waals surface area contributed by atoms with Gasteiger partial charge in [0.1, 0.15) is 17.5 Å². The highest BCUT2D eigenvalue weighted by atomic mass is 32.2. The Morgan fingerprint density at radius 1 is 1.43 bits per heavy atom. The third-order valence-corrected chi connectivity index (χ3v) is 3.83. The molecule has 8 heteroatoms. The van der Waals surface area contributed by atoms with Crippen molar-refractivity contribution in [2.75, 3.05) is 11.1 Å². The van der Waals surface area contributed by atoms with Gasteiger partial charge in [-0.2, -0.15) is 0 Å². The van der Waals surface area contributed by atoms with Gasteiger partial charge >= 0.3 is 0 Å². The normalized spacial score (nSPS) is 14.2. The van der Waals surface area contributed by atoms with Crippen LogP contribution in [0.4, 0.5) is 14.5 Å². The van der Waals surface area contributed by atoms with Crippen molar-refractivity contribution in [2.45, 2.75) is 23.9 Å². The van der Waals surface area contributed by atoms with E-state index in [-0.39, 0.29) is 11.4 Å². The van der Waals surface area contributed by atoms with Crippen LogP contribution in [0.2, 0.25) is 0 Å². The number of carbonyl (C=O) groups excluding carboxylic acids is 1. The van der Waals surface area contributed by atoms with Gasteiger partial charge in [-0.15, -0.1) is 5.10 Å². The van der Waals surface area contributed by atoms with Crippen LogP contribution in [0.15, 0.2) is 23.4 Å². The minimum Gasteiger partial charge on any atom is -0.323 e. The number of aromatic nitrogens is 3. The molecule has 1 heterocycles. The highest BCUT2D eigenvalue weighted by Crippen LogP contribution is 2.38. The molecule has 1 saturated carbocycles. The fraction of sp³-hybridized carbons (Fsp3) is 0.308. The van der Waals surface area contributed by atoms with Crippen LogP contribution in [-0.2, 0) is 4.79 Å². The van der Waals surface area contributed by atoms with E-state index >= 15 is 0 Å². The van der Waals surface area contributed by atoms with Crippen molar-refractivity contribution >= 4 is 23.4 Å². The van der Waals surface area contributed by atoms with Crippen molar-refractivity contribution < 1.29 is 13.6 Å². The topological polar surface area (TPSA) is 70.7 Å². The molecule has 0 saturated heterocycles. The predicted molar refractivity (Wildman–Crippen MR) is 74.1 cm³/mol. The SMILES string of the molecule is O=C(CSc1n[nH]c(C2CC2)n1)Nc1ccc(F)cc1F. The minimum absolute atomic E-state index is 0.0457. The van der Waals surface area contributed by atoms with Gasteiger partial charge in [-0.25, -0.2) is 13.8 Å². The molecule has 3 rings (SSSR count). The van der Waals surface area contributed by atoms with Crippen molar-refractivity contribution in [3.63, 3.8) is 0 Å². The Hall–Kier alpha value is -1.96. The average molecular weight is 310 g/mol. The standard InChI is InChI=1S/C13H12F2N4OS/c14-8-3-4-10(9(15)5-8)16-11(20)6-21-13-17-12(18-19-13)7-1-2-7/h3-5,7H,1-2,6H2,(H,16,20)(H,17,18,19). The molecule has 1 fully saturated rings. The molecule has 5 nitrogen and oxygen atoms in total. The van der Waals surface area contributed by atoms with E-state index < -0.39 is 17.5 Å². The van der Waals surface area contributed by atoms with Gasteiger partial charge in [-0.1, -0.05) is 11.8 Å². The second kappa shape index (κ2) is 5.80. The molecule has 1 aliphatic carbocycles. The third-order valence-electron chi connectivity index (χ3n) is 2.98. The molecule has 110 valence electrons. The number of thioether (sulfide) groups is 1. The lowest BCUT2D eigenvalue weighted by Gasteiger charge is -2.05. The number of H-pyrrole nitrogens is 1. The smallest absolute Gasteiger partial charge is 0.234 e. The summed E-state index contributed by atoms with van der Waals surface area (Å²) in [5.74, 6) is -0.520. The largest absolute Gasteiger partial charge is 0.323 e. The van der Waals surface area contributed by atoms with Crippen LogP contribution in [0.25, 0.3) is 0 Å². The number of nitrogens with one attached hydrogen (secondary N) is 2. The second-order valence-electron chi connectivity index (χ2n) is 4.74. The fourth-order valence-electron chi connectivity index (χ4n) is 1.77. The summed E-state index contributed by atoms with van der Waals surface area (Å²) in [6.45, 7) is 0. The molecule has 0 bridgehead atoms. The van der Waals surface area contributed by atoms with Gasteiger partial charge in [0, 0.05) is 12.0 Å². The first-order valence-corrected chi connectivity index (χ1v) is 7.40. The Bertz CT molecular complexity index is 672. The van der Waals surface area contributed by atoms with Gasteiger partial charge in [0.05, 0.1) is 11.4 Å². The molecule has 2 aromatic rings. The molecule has 2 N–H and O–H groups in total. The first kappa shape index (κ1) is 14.0. The van der Waals surface area contributed by atoms with Gasteiger partial charge in [0.15, 0.2) is 0 Å². The number of hydrogen-bond acceptors (Lipinski definition) is 4. The number of aromatic amines is 1. The molecule has 1 aliphatic rings. The second-order valence-corrected chi connectivity index (χ2v) is 5.68. The molecule has 21 heavy (non-hydrogen) atoms. The maximum Gasteiger partial charge on any atom is 0.234 e. The predicted octanol–water partition coefficient (Wildman–Crippen LogP) is 2.69. The number of anilines is 1. The minimum atomic E-state index is -0.803. The van der Waals surface area contributed by atoms with Crippen molar-refractivity contribution in [3.05, 3.63) is 35.7 Å². The van der Waals surface area contributed by atoms with Crippen LogP contribution in [0.5, 0.6) is 0 Å². The third kappa shape index (κ3) is 3.57. The van der Waals surface area contributed by atoms with Gasteiger partial charge in [-0.05, 0) is 25.0 Å². The first-order chi connectivity index (χ1) is 10.1. The fourth-order valence-corrected chi connectivity index (χ4v) is 2.37. The number of rotatable bonds is 5. The maximum absolute atomic E-state index is 13.4. The molecule has 1 aromatic carbocycles. The van der Waals surface area contributed by atoms with E-state index in [1.807, 2.05) is 0 Å². The van der Waals surface area contributed by atoms with E-state index in [4.69, 9.17) is 0 Å². The summed E-state index contributed by atoms with van der Waals surface area (Å²) in [6, 6.07) is 2.99. The van der Waals surface area contributed by atoms with Crippen LogP contribution < -0.4 is 5.32 Å². The first-order valence-electron chi connectivity index (χ1n) is 6.42. The summed E-state index contributed by atoms with van der Waals surface area (Å²) >= 11 is 1.16. The van der Waals surface area contributed by atoms with Crippen LogP contribution in [0, 0.1) is 11.6 Å². The van der Waals surface area contributed by atoms with Crippen LogP contribution >= 0.6 is 11.8 Å². The number of hydrogen-bond donors (Lipinski definition) is 2. The molecule has 0 aliphatic heterocycles. The lowest BCUT2D eigenvalue weighted by molar-refractivity contribution is -0.113. The van der Waals surface area contributed by atoms with Gasteiger partial charge in [0.25, 0.3) is 0 Å². The van der Waals surface area contributed by atoms with Crippen LogP contribution in [-0.4, -0.2) is 26.8 Å². The highest BCUT2D eigenvalue weighted by molar-refractivity contribution is 7.99. The Morgan fingerprint density at radius 3 is 2.95 bits per heavy atom. The molecule has 0 spiro atoms. The van der Waals surface area contributed by atoms with Crippen molar-refractivity contribution in [1.29, 1.82) is 0 Å². The van der Waals surface area contributed by atoms with Gasteiger partial charge < -0.3 is 5.32 Å². The zero-order valence-electron chi connectivity index (χ0n) is 10.9. The molecule has 0 radical (unpaired) electrons. The van der Waals surface area contributed by atoms with Gasteiger partial charge in [0.2, 0.25) is 11.1 Å². The monoisotopic (exact) mass is 310 g/mol. The number of nitrogens with zero attached hydrogens (tertiary/aromatic N) is 2. The van der Waals surface area contributed by atoms with Crippen molar-refractivity contribution in [3.8, 4) is 0 Å². The van der Waals surface area contributed by atoms with E-state index in [1.54, 1.807) is 0 Å². The van der Waals surface area contributed by atoms with Crippen molar-refractivity contribution in [1.82, 2.24) is 15.2 Å². The summed E-state index contributed by atoms with van der Waals surface area (Å²) < 4.78 is 26.1. The zero-order chi connectivity index (χ0) is 14.8. The maximum atomic E-state index is 13.4. The summed E-state index contributed by atoms with van der Waals surface area (Å²) in [4.78, 5) is 16.0. The van der Waals surface area contributed by atoms with Crippen LogP contribution in [0.3, 0.4) is 0 Å². The summed E-state index contributed by atoms with van der Waals surface area (Å²) in [5, 5.41) is 9.72. The molecule has 0 unspecified atom stereocenters. The Morgan fingerprint density at radius 2 is 2.24 bits per heavy atom. The number of carbonyl (C=O) groups is 1. The van der Waals surface area contributed by atoms with E-state index in [1.165, 1.54) is 6.07 Å². The quantitative estimate of drug-likeness (QED) is 0.833. The van der Waals surface area contributed by atoms with Crippen LogP contribution in [0.1, 0.15) is 24.6 Å². The summed E-state index contributed by atoms with van der Waals surface area (Å²) in [6.07, 6.45) is 2.23. The molecular formula is C13H12F2N4OS. The van der Waals surface area contributed by atoms with E-state index in [0.717, 1.165) is 42.6 Å². The van der Waals surface area contributed by atoms with Crippen molar-refractivity contribution in [2.24, 2.45) is 0 Å². The molecular weight excluding hydrogens is 298 g/mol. The molecule has 1 amide bonds. The van der Waals surface area contributed by atoms with E-state index in [9.17, 15) is 13.6 Å². The average Bonchev–Trinajstić information content (AvgIpc) is 3.19. The van der Waals surface area contributed by atoms with Gasteiger partial charge in [-0.3, -0.25) is 9.89 Å². The summed E-state index contributed by atoms with van der Waals surface area (Å²) in [7, 11) is 0.